The molecule has 0 bridgehead atoms. The van der Waals surface area contributed by atoms with Gasteiger partial charge in [-0.1, -0.05) is 42.5 Å². The smallest absolute Gasteiger partial charge is 0.241 e. The number of hydrogen-bond acceptors (Lipinski definition) is 2. The number of rotatable bonds is 2. The van der Waals surface area contributed by atoms with Crippen LogP contribution in [0.4, 0.5) is 13.2 Å². The van der Waals surface area contributed by atoms with Gasteiger partial charge in [-0.05, 0) is 24.6 Å². The molecule has 0 N–H and O–H groups in total. The molecule has 1 nitrogen and oxygen atoms in total. The summed E-state index contributed by atoms with van der Waals surface area (Å²) in [6.45, 7) is 1.86. The Morgan fingerprint density at radius 1 is 0.909 bits per heavy atom. The average molecular weight is 319 g/mol. The molecule has 3 aromatic rings. The Hall–Kier alpha value is -2.14. The van der Waals surface area contributed by atoms with Crippen molar-refractivity contribution in [2.75, 3.05) is 0 Å². The van der Waals surface area contributed by atoms with Gasteiger partial charge in [0.2, 0.25) is 0 Å². The fourth-order valence-corrected chi connectivity index (χ4v) is 3.19. The van der Waals surface area contributed by atoms with Gasteiger partial charge in [-0.15, -0.1) is 11.3 Å². The molecule has 0 aliphatic rings. The van der Waals surface area contributed by atoms with Gasteiger partial charge < -0.3 is 0 Å². The molecule has 3 rings (SSSR count). The Labute approximate surface area is 130 Å². The first kappa shape index (κ1) is 14.8. The minimum atomic E-state index is -4.34. The van der Waals surface area contributed by atoms with E-state index in [0.29, 0.717) is 5.56 Å². The molecule has 0 saturated carbocycles. The van der Waals surface area contributed by atoms with Crippen LogP contribution in [0.5, 0.6) is 0 Å². The molecule has 1 aromatic heterocycles. The molecule has 2 aromatic carbocycles. The van der Waals surface area contributed by atoms with E-state index in [0.717, 1.165) is 27.2 Å². The normalized spacial score (nSPS) is 11.6. The topological polar surface area (TPSA) is 12.9 Å². The lowest BCUT2D eigenvalue weighted by Crippen LogP contribution is -2.04. The van der Waals surface area contributed by atoms with Gasteiger partial charge in [0.05, 0.1) is 21.1 Å². The number of aryl methyl sites for hydroxylation is 1. The van der Waals surface area contributed by atoms with Crippen LogP contribution in [0, 0.1) is 6.92 Å². The van der Waals surface area contributed by atoms with E-state index >= 15 is 0 Å². The number of alkyl halides is 3. The van der Waals surface area contributed by atoms with Gasteiger partial charge in [-0.25, -0.2) is 4.98 Å². The van der Waals surface area contributed by atoms with E-state index in [2.05, 4.69) is 4.98 Å². The lowest BCUT2D eigenvalue weighted by atomic mass is 10.0. The van der Waals surface area contributed by atoms with Crippen LogP contribution in [0.1, 0.15) is 10.6 Å². The number of thiazole rings is 1. The summed E-state index contributed by atoms with van der Waals surface area (Å²) in [6, 6.07) is 14.9. The summed E-state index contributed by atoms with van der Waals surface area (Å²) in [6.07, 6.45) is -4.34. The first-order valence-electron chi connectivity index (χ1n) is 6.65. The standard InChI is InChI=1S/C17H12F3NS/c1-11-21-15(12-6-3-2-4-7-12)16(22-11)13-8-5-9-14(10-13)17(18,19)20/h2-10H,1H3. The predicted molar refractivity (Wildman–Crippen MR) is 82.7 cm³/mol. The highest BCUT2D eigenvalue weighted by molar-refractivity contribution is 7.15. The van der Waals surface area contributed by atoms with Crippen molar-refractivity contribution in [3.8, 4) is 21.7 Å². The molecule has 0 atom stereocenters. The summed E-state index contributed by atoms with van der Waals surface area (Å²) in [4.78, 5) is 5.25. The zero-order valence-corrected chi connectivity index (χ0v) is 12.5. The van der Waals surface area contributed by atoms with E-state index in [9.17, 15) is 13.2 Å². The van der Waals surface area contributed by atoms with Crippen molar-refractivity contribution in [1.29, 1.82) is 0 Å². The fraction of sp³-hybridized carbons (Fsp3) is 0.118. The quantitative estimate of drug-likeness (QED) is 0.581. The Balaban J connectivity index is 2.14. The molecule has 5 heteroatoms. The van der Waals surface area contributed by atoms with E-state index in [1.807, 2.05) is 37.3 Å². The summed E-state index contributed by atoms with van der Waals surface area (Å²) < 4.78 is 38.7. The molecular formula is C17H12F3NS. The molecule has 0 spiro atoms. The van der Waals surface area contributed by atoms with E-state index in [4.69, 9.17) is 0 Å². The van der Waals surface area contributed by atoms with E-state index < -0.39 is 11.7 Å². The Bertz CT molecular complexity index is 791. The SMILES string of the molecule is Cc1nc(-c2ccccc2)c(-c2cccc(C(F)(F)F)c2)s1. The maximum atomic E-state index is 12.9. The number of hydrogen-bond donors (Lipinski definition) is 0. The second-order valence-corrected chi connectivity index (χ2v) is 6.06. The molecule has 0 amide bonds. The van der Waals surface area contributed by atoms with Crippen molar-refractivity contribution in [2.45, 2.75) is 13.1 Å². The summed E-state index contributed by atoms with van der Waals surface area (Å²) in [5.41, 5.74) is 1.52. The van der Waals surface area contributed by atoms with Crippen LogP contribution in [0.3, 0.4) is 0 Å². The van der Waals surface area contributed by atoms with Crippen molar-refractivity contribution in [1.82, 2.24) is 4.98 Å². The minimum absolute atomic E-state index is 0.541. The van der Waals surface area contributed by atoms with Crippen LogP contribution >= 0.6 is 11.3 Å². The third-order valence-electron chi connectivity index (χ3n) is 3.23. The third kappa shape index (κ3) is 2.90. The number of aromatic nitrogens is 1. The maximum absolute atomic E-state index is 12.9. The largest absolute Gasteiger partial charge is 0.416 e. The van der Waals surface area contributed by atoms with Gasteiger partial charge >= 0.3 is 6.18 Å². The zero-order valence-electron chi connectivity index (χ0n) is 11.7. The molecule has 0 aliphatic heterocycles. The Kier molecular flexibility index (Phi) is 3.74. The van der Waals surface area contributed by atoms with Gasteiger partial charge in [0.25, 0.3) is 0 Å². The first-order valence-corrected chi connectivity index (χ1v) is 7.47. The average Bonchev–Trinajstić information content (AvgIpc) is 2.89. The minimum Gasteiger partial charge on any atom is -0.241 e. The lowest BCUT2D eigenvalue weighted by Gasteiger charge is -2.08. The van der Waals surface area contributed by atoms with Crippen LogP contribution in [0.2, 0.25) is 0 Å². The highest BCUT2D eigenvalue weighted by Gasteiger charge is 2.30. The van der Waals surface area contributed by atoms with E-state index in [1.54, 1.807) is 6.07 Å². The maximum Gasteiger partial charge on any atom is 0.416 e. The van der Waals surface area contributed by atoms with Gasteiger partial charge in [-0.3, -0.25) is 0 Å². The first-order chi connectivity index (χ1) is 10.4. The molecule has 1 heterocycles. The van der Waals surface area contributed by atoms with Crippen molar-refractivity contribution in [3.05, 3.63) is 65.2 Å². The van der Waals surface area contributed by atoms with Crippen LogP contribution < -0.4 is 0 Å². The van der Waals surface area contributed by atoms with Gasteiger partial charge in [-0.2, -0.15) is 13.2 Å². The monoisotopic (exact) mass is 319 g/mol. The van der Waals surface area contributed by atoms with Gasteiger partial charge in [0, 0.05) is 5.56 Å². The highest BCUT2D eigenvalue weighted by atomic mass is 32.1. The van der Waals surface area contributed by atoms with Gasteiger partial charge in [0.1, 0.15) is 0 Å². The molecule has 0 saturated heterocycles. The molecule has 0 unspecified atom stereocenters. The van der Waals surface area contributed by atoms with Crippen molar-refractivity contribution in [2.24, 2.45) is 0 Å². The Morgan fingerprint density at radius 2 is 1.59 bits per heavy atom. The highest BCUT2D eigenvalue weighted by Crippen LogP contribution is 2.39. The lowest BCUT2D eigenvalue weighted by molar-refractivity contribution is -0.137. The fourth-order valence-electron chi connectivity index (χ4n) is 2.25. The Morgan fingerprint density at radius 3 is 2.27 bits per heavy atom. The summed E-state index contributed by atoms with van der Waals surface area (Å²) in [5, 5.41) is 0.825. The van der Waals surface area contributed by atoms with Crippen molar-refractivity contribution < 1.29 is 13.2 Å². The van der Waals surface area contributed by atoms with E-state index in [1.165, 1.54) is 23.5 Å². The van der Waals surface area contributed by atoms with Crippen LogP contribution in [0.15, 0.2) is 54.6 Å². The molecule has 0 aliphatic carbocycles. The summed E-state index contributed by atoms with van der Waals surface area (Å²) >= 11 is 1.40. The molecule has 0 fully saturated rings. The van der Waals surface area contributed by atoms with Crippen LogP contribution in [-0.2, 0) is 6.18 Å². The third-order valence-corrected chi connectivity index (χ3v) is 4.25. The van der Waals surface area contributed by atoms with Crippen LogP contribution in [0.25, 0.3) is 21.7 Å². The zero-order chi connectivity index (χ0) is 15.7. The molecule has 112 valence electrons. The summed E-state index contributed by atoms with van der Waals surface area (Å²) in [7, 11) is 0. The predicted octanol–water partition coefficient (Wildman–Crippen LogP) is 5.80. The van der Waals surface area contributed by atoms with Crippen molar-refractivity contribution >= 4 is 11.3 Å². The number of benzene rings is 2. The molecule has 0 radical (unpaired) electrons. The second kappa shape index (κ2) is 5.57. The van der Waals surface area contributed by atoms with E-state index in [-0.39, 0.29) is 0 Å². The van der Waals surface area contributed by atoms with Gasteiger partial charge in [0.15, 0.2) is 0 Å². The number of nitrogens with zero attached hydrogens (tertiary/aromatic N) is 1. The molecule has 22 heavy (non-hydrogen) atoms. The van der Waals surface area contributed by atoms with Crippen LogP contribution in [-0.4, -0.2) is 4.98 Å². The van der Waals surface area contributed by atoms with Crippen molar-refractivity contribution in [3.63, 3.8) is 0 Å². The molecular weight excluding hydrogens is 307 g/mol. The number of halogens is 3. The second-order valence-electron chi connectivity index (χ2n) is 4.86. The summed E-state index contributed by atoms with van der Waals surface area (Å²) in [5.74, 6) is 0.